The Labute approximate surface area is 198 Å². The van der Waals surface area contributed by atoms with Crippen LogP contribution in [0.3, 0.4) is 0 Å². The predicted octanol–water partition coefficient (Wildman–Crippen LogP) is 1.53. The van der Waals surface area contributed by atoms with Crippen LogP contribution >= 0.6 is 0 Å². The van der Waals surface area contributed by atoms with E-state index >= 15 is 0 Å². The predicted molar refractivity (Wildman–Crippen MR) is 126 cm³/mol. The van der Waals surface area contributed by atoms with E-state index in [0.29, 0.717) is 54.7 Å². The van der Waals surface area contributed by atoms with Gasteiger partial charge in [0.25, 0.3) is 17.5 Å². The smallest absolute Gasteiger partial charge is 0.297 e. The van der Waals surface area contributed by atoms with Crippen LogP contribution in [0.25, 0.3) is 22.8 Å². The second-order valence-electron chi connectivity index (χ2n) is 8.20. The second-order valence-corrected chi connectivity index (χ2v) is 8.20. The first-order valence-electron chi connectivity index (χ1n) is 11.1. The molecule has 1 N–H and O–H groups in total. The molecule has 6 rings (SSSR count). The van der Waals surface area contributed by atoms with E-state index in [-0.39, 0.29) is 17.4 Å². The van der Waals surface area contributed by atoms with Gasteiger partial charge in [-0.3, -0.25) is 19.6 Å². The van der Waals surface area contributed by atoms with Gasteiger partial charge in [-0.25, -0.2) is 14.2 Å². The van der Waals surface area contributed by atoms with Gasteiger partial charge in [-0.1, -0.05) is 0 Å². The SMILES string of the molecule is Cc1c(C(=O)N2CCN(c3ncc(-c4cccnc4)o3)CC2)cnn1-c1nn2cccc2c(=O)[nH]1. The van der Waals surface area contributed by atoms with Crippen molar-refractivity contribution in [1.29, 1.82) is 0 Å². The highest BCUT2D eigenvalue weighted by Gasteiger charge is 2.27. The third kappa shape index (κ3) is 3.64. The van der Waals surface area contributed by atoms with Gasteiger partial charge < -0.3 is 14.2 Å². The van der Waals surface area contributed by atoms with Crippen molar-refractivity contribution in [3.63, 3.8) is 0 Å². The molecule has 0 radical (unpaired) electrons. The lowest BCUT2D eigenvalue weighted by molar-refractivity contribution is 0.0744. The van der Waals surface area contributed by atoms with Crippen LogP contribution in [0.1, 0.15) is 16.1 Å². The zero-order valence-corrected chi connectivity index (χ0v) is 18.8. The lowest BCUT2D eigenvalue weighted by atomic mass is 10.2. The maximum absolute atomic E-state index is 13.2. The summed E-state index contributed by atoms with van der Waals surface area (Å²) < 4.78 is 8.87. The number of hydrogen-bond donors (Lipinski definition) is 1. The van der Waals surface area contributed by atoms with Crippen molar-refractivity contribution in [2.45, 2.75) is 6.92 Å². The number of anilines is 1. The van der Waals surface area contributed by atoms with Crippen molar-refractivity contribution in [2.24, 2.45) is 0 Å². The molecule has 12 heteroatoms. The van der Waals surface area contributed by atoms with Crippen LogP contribution < -0.4 is 10.5 Å². The molecule has 12 nitrogen and oxygen atoms in total. The van der Waals surface area contributed by atoms with Gasteiger partial charge in [0.2, 0.25) is 5.95 Å². The molecule has 0 atom stereocenters. The van der Waals surface area contributed by atoms with E-state index in [9.17, 15) is 9.59 Å². The van der Waals surface area contributed by atoms with Crippen LogP contribution in [-0.2, 0) is 0 Å². The number of piperazine rings is 1. The van der Waals surface area contributed by atoms with E-state index in [0.717, 1.165) is 5.56 Å². The largest absolute Gasteiger partial charge is 0.423 e. The maximum atomic E-state index is 13.2. The Hall–Kier alpha value is -4.74. The first-order valence-corrected chi connectivity index (χ1v) is 11.1. The maximum Gasteiger partial charge on any atom is 0.297 e. The number of pyridine rings is 1. The Kier molecular flexibility index (Phi) is 4.90. The molecule has 0 spiro atoms. The summed E-state index contributed by atoms with van der Waals surface area (Å²) in [5, 5.41) is 8.70. The zero-order chi connectivity index (χ0) is 23.9. The molecular formula is C23H21N9O3. The zero-order valence-electron chi connectivity index (χ0n) is 18.8. The molecule has 35 heavy (non-hydrogen) atoms. The molecule has 0 aliphatic carbocycles. The molecule has 1 amide bonds. The molecule has 5 aromatic rings. The third-order valence-corrected chi connectivity index (χ3v) is 6.11. The van der Waals surface area contributed by atoms with E-state index in [1.807, 2.05) is 17.0 Å². The third-order valence-electron chi connectivity index (χ3n) is 6.11. The van der Waals surface area contributed by atoms with E-state index in [2.05, 4.69) is 25.1 Å². The monoisotopic (exact) mass is 471 g/mol. The first-order chi connectivity index (χ1) is 17.1. The summed E-state index contributed by atoms with van der Waals surface area (Å²) in [6.45, 7) is 3.98. The van der Waals surface area contributed by atoms with E-state index < -0.39 is 0 Å². The van der Waals surface area contributed by atoms with Crippen molar-refractivity contribution < 1.29 is 9.21 Å². The fourth-order valence-corrected chi connectivity index (χ4v) is 4.18. The standard InChI is InChI=1S/C23H21N9O3/c1-15-17(13-26-32(15)22-27-20(33)18-5-3-7-31(18)28-22)21(34)29-8-10-30(11-9-29)23-25-14-19(35-23)16-4-2-6-24-12-16/h2-7,12-14H,8-11H2,1H3,(H,27,28,33). The number of nitrogens with one attached hydrogen (secondary N) is 1. The highest BCUT2D eigenvalue weighted by molar-refractivity contribution is 5.95. The Bertz CT molecular complexity index is 1570. The molecule has 5 aromatic heterocycles. The number of H-pyrrole nitrogens is 1. The van der Waals surface area contributed by atoms with Crippen molar-refractivity contribution in [1.82, 2.24) is 39.2 Å². The molecule has 0 aromatic carbocycles. The molecule has 1 aliphatic heterocycles. The van der Waals surface area contributed by atoms with Crippen LogP contribution in [0, 0.1) is 6.92 Å². The summed E-state index contributed by atoms with van der Waals surface area (Å²) in [6.07, 6.45) is 8.32. The van der Waals surface area contributed by atoms with Gasteiger partial charge in [0.15, 0.2) is 5.76 Å². The summed E-state index contributed by atoms with van der Waals surface area (Å²) in [6, 6.07) is 7.70. The number of carbonyl (C=O) groups is 1. The van der Waals surface area contributed by atoms with Gasteiger partial charge >= 0.3 is 0 Å². The summed E-state index contributed by atoms with van der Waals surface area (Å²) in [7, 11) is 0. The van der Waals surface area contributed by atoms with Crippen LogP contribution in [0.2, 0.25) is 0 Å². The van der Waals surface area contributed by atoms with Gasteiger partial charge in [0, 0.05) is 50.3 Å². The second kappa shape index (κ2) is 8.24. The minimum Gasteiger partial charge on any atom is -0.423 e. The topological polar surface area (TPSA) is 130 Å². The molecule has 1 saturated heterocycles. The molecule has 0 unspecified atom stereocenters. The van der Waals surface area contributed by atoms with Gasteiger partial charge in [-0.15, -0.1) is 5.10 Å². The normalized spacial score (nSPS) is 14.1. The van der Waals surface area contributed by atoms with Gasteiger partial charge in [-0.05, 0) is 31.2 Å². The lowest BCUT2D eigenvalue weighted by Gasteiger charge is -2.33. The highest BCUT2D eigenvalue weighted by atomic mass is 16.4. The van der Waals surface area contributed by atoms with Crippen LogP contribution in [-0.4, -0.2) is 71.3 Å². The van der Waals surface area contributed by atoms with E-state index in [4.69, 9.17) is 4.42 Å². The van der Waals surface area contributed by atoms with Crippen LogP contribution in [0.5, 0.6) is 0 Å². The first kappa shape index (κ1) is 20.8. The molecule has 1 fully saturated rings. The number of oxazole rings is 1. The fourth-order valence-electron chi connectivity index (χ4n) is 4.18. The van der Waals surface area contributed by atoms with E-state index in [1.165, 1.54) is 15.4 Å². The summed E-state index contributed by atoms with van der Waals surface area (Å²) >= 11 is 0. The van der Waals surface area contributed by atoms with Gasteiger partial charge in [0.05, 0.1) is 23.7 Å². The molecular weight excluding hydrogens is 450 g/mol. The van der Waals surface area contributed by atoms with E-state index in [1.54, 1.807) is 48.7 Å². The van der Waals surface area contributed by atoms with Crippen molar-refractivity contribution in [3.8, 4) is 17.3 Å². The summed E-state index contributed by atoms with van der Waals surface area (Å²) in [5.41, 5.74) is 2.08. The average Bonchev–Trinajstić information content (AvgIpc) is 3.64. The summed E-state index contributed by atoms with van der Waals surface area (Å²) in [4.78, 5) is 40.6. The number of rotatable bonds is 4. The molecule has 0 bridgehead atoms. The summed E-state index contributed by atoms with van der Waals surface area (Å²) in [5.74, 6) is 0.772. The Morgan fingerprint density at radius 2 is 1.94 bits per heavy atom. The van der Waals surface area contributed by atoms with Crippen LogP contribution in [0.15, 0.2) is 64.5 Å². The molecule has 1 aliphatic rings. The lowest BCUT2D eigenvalue weighted by Crippen LogP contribution is -2.49. The van der Waals surface area contributed by atoms with Crippen LogP contribution in [0.4, 0.5) is 6.01 Å². The molecule has 0 saturated carbocycles. The highest BCUT2D eigenvalue weighted by Crippen LogP contribution is 2.25. The van der Waals surface area contributed by atoms with Crippen molar-refractivity contribution in [3.05, 3.63) is 76.9 Å². The van der Waals surface area contributed by atoms with Gasteiger partial charge in [0.1, 0.15) is 5.52 Å². The Morgan fingerprint density at radius 3 is 2.74 bits per heavy atom. The number of hydrogen-bond acceptors (Lipinski definition) is 8. The number of aromatic nitrogens is 7. The quantitative estimate of drug-likeness (QED) is 0.418. The molecule has 6 heterocycles. The van der Waals surface area contributed by atoms with Gasteiger partial charge in [-0.2, -0.15) is 5.10 Å². The number of amides is 1. The van der Waals surface area contributed by atoms with Crippen molar-refractivity contribution >= 4 is 17.4 Å². The average molecular weight is 471 g/mol. The number of nitrogens with zero attached hydrogens (tertiary/aromatic N) is 8. The number of fused-ring (bicyclic) bond motifs is 1. The minimum absolute atomic E-state index is 0.124. The number of carbonyl (C=O) groups excluding carboxylic acids is 1. The number of aromatic amines is 1. The molecule has 176 valence electrons. The Morgan fingerprint density at radius 1 is 1.09 bits per heavy atom. The van der Waals surface area contributed by atoms with Crippen molar-refractivity contribution in [2.75, 3.05) is 31.1 Å². The Balaban J connectivity index is 1.16. The minimum atomic E-state index is -0.280. The fraction of sp³-hybridized carbons (Fsp3) is 0.217.